The molecule has 0 heterocycles. The summed E-state index contributed by atoms with van der Waals surface area (Å²) >= 11 is 9.37. The number of nitrogens with one attached hydrogen (secondary N) is 1. The van der Waals surface area contributed by atoms with Crippen molar-refractivity contribution in [2.45, 2.75) is 6.54 Å². The van der Waals surface area contributed by atoms with E-state index in [1.54, 1.807) is 6.07 Å². The highest BCUT2D eigenvalue weighted by Gasteiger charge is 2.13. The topological polar surface area (TPSA) is 55.2 Å². The predicted octanol–water partition coefficient (Wildman–Crippen LogP) is 4.76. The van der Waals surface area contributed by atoms with Crippen molar-refractivity contribution < 1.29 is 9.31 Å². The van der Waals surface area contributed by atoms with Crippen molar-refractivity contribution in [2.24, 2.45) is 0 Å². The van der Waals surface area contributed by atoms with Gasteiger partial charge < -0.3 is 5.32 Å². The molecule has 20 heavy (non-hydrogen) atoms. The van der Waals surface area contributed by atoms with Gasteiger partial charge in [-0.05, 0) is 23.8 Å². The van der Waals surface area contributed by atoms with Gasteiger partial charge >= 0.3 is 5.69 Å². The van der Waals surface area contributed by atoms with Crippen molar-refractivity contribution in [3.05, 3.63) is 67.4 Å². The number of nitro benzene ring substituents is 1. The van der Waals surface area contributed by atoms with E-state index in [0.717, 1.165) is 22.2 Å². The highest BCUT2D eigenvalue weighted by molar-refractivity contribution is 9.10. The van der Waals surface area contributed by atoms with Crippen molar-refractivity contribution in [3.8, 4) is 0 Å². The average Bonchev–Trinajstić information content (AvgIpc) is 2.37. The van der Waals surface area contributed by atoms with E-state index in [9.17, 15) is 14.5 Å². The van der Waals surface area contributed by atoms with Gasteiger partial charge in [0.25, 0.3) is 0 Å². The van der Waals surface area contributed by atoms with E-state index in [1.165, 1.54) is 6.07 Å². The van der Waals surface area contributed by atoms with Gasteiger partial charge in [-0.25, -0.2) is 0 Å². The van der Waals surface area contributed by atoms with Crippen molar-refractivity contribution >= 4 is 38.9 Å². The molecule has 7 heteroatoms. The smallest absolute Gasteiger partial charge is 0.304 e. The van der Waals surface area contributed by atoms with Crippen LogP contribution in [0.5, 0.6) is 0 Å². The number of nitrogens with zero attached hydrogens (tertiary/aromatic N) is 1. The number of benzene rings is 2. The first-order valence-electron chi connectivity index (χ1n) is 5.59. The fourth-order valence-corrected chi connectivity index (χ4v) is 2.37. The molecular weight excluding hydrogens is 351 g/mol. The highest BCUT2D eigenvalue weighted by atomic mass is 79.9. The van der Waals surface area contributed by atoms with E-state index < -0.39 is 16.4 Å². The van der Waals surface area contributed by atoms with E-state index in [0.29, 0.717) is 17.3 Å². The number of rotatable bonds is 4. The maximum atomic E-state index is 13.4. The first-order valence-corrected chi connectivity index (χ1v) is 6.76. The lowest BCUT2D eigenvalue weighted by molar-refractivity contribution is -0.387. The molecule has 0 aliphatic heterocycles. The molecule has 0 aliphatic rings. The Morgan fingerprint density at radius 2 is 2.05 bits per heavy atom. The molecule has 0 spiro atoms. The van der Waals surface area contributed by atoms with E-state index in [1.807, 2.05) is 12.1 Å². The summed E-state index contributed by atoms with van der Waals surface area (Å²) in [6.45, 7) is 0.392. The molecule has 0 saturated heterocycles. The minimum atomic E-state index is -0.873. The Kier molecular flexibility index (Phi) is 4.57. The monoisotopic (exact) mass is 358 g/mol. The van der Waals surface area contributed by atoms with Crippen molar-refractivity contribution in [1.82, 2.24) is 0 Å². The second-order valence-corrected chi connectivity index (χ2v) is 5.34. The van der Waals surface area contributed by atoms with Crippen LogP contribution in [0.3, 0.4) is 0 Å². The van der Waals surface area contributed by atoms with Crippen LogP contribution >= 0.6 is 27.5 Å². The molecule has 0 unspecified atom stereocenters. The Labute approximate surface area is 127 Å². The van der Waals surface area contributed by atoms with Crippen molar-refractivity contribution in [1.29, 1.82) is 0 Å². The Bertz CT molecular complexity index is 667. The van der Waals surface area contributed by atoms with E-state index in [4.69, 9.17) is 11.6 Å². The van der Waals surface area contributed by atoms with Crippen molar-refractivity contribution in [3.63, 3.8) is 0 Å². The molecule has 2 rings (SSSR count). The molecule has 2 aromatic carbocycles. The third-order valence-corrected chi connectivity index (χ3v) is 3.49. The lowest BCUT2D eigenvalue weighted by Crippen LogP contribution is -2.01. The van der Waals surface area contributed by atoms with Crippen molar-refractivity contribution in [2.75, 3.05) is 5.32 Å². The van der Waals surface area contributed by atoms with Crippen LogP contribution in [0.25, 0.3) is 0 Å². The average molecular weight is 360 g/mol. The maximum Gasteiger partial charge on any atom is 0.304 e. The van der Waals surface area contributed by atoms with Crippen LogP contribution in [0.1, 0.15) is 5.56 Å². The van der Waals surface area contributed by atoms with Crippen LogP contribution in [0.15, 0.2) is 40.9 Å². The third-order valence-electron chi connectivity index (χ3n) is 2.64. The summed E-state index contributed by atoms with van der Waals surface area (Å²) in [6.07, 6.45) is 0. The fourth-order valence-electron chi connectivity index (χ4n) is 1.63. The maximum absolute atomic E-state index is 13.4. The number of nitro groups is 1. The number of halogens is 3. The summed E-state index contributed by atoms with van der Waals surface area (Å²) in [7, 11) is 0. The van der Waals surface area contributed by atoms with Crippen LogP contribution in [0, 0.1) is 15.9 Å². The number of hydrogen-bond acceptors (Lipinski definition) is 3. The molecule has 0 saturated carbocycles. The van der Waals surface area contributed by atoms with E-state index >= 15 is 0 Å². The molecule has 0 aliphatic carbocycles. The summed E-state index contributed by atoms with van der Waals surface area (Å²) < 4.78 is 14.3. The highest BCUT2D eigenvalue weighted by Crippen LogP contribution is 2.24. The van der Waals surface area contributed by atoms with Gasteiger partial charge in [0, 0.05) is 33.9 Å². The molecule has 1 N–H and O–H groups in total. The molecule has 0 atom stereocenters. The second-order valence-electron chi connectivity index (χ2n) is 4.01. The van der Waals surface area contributed by atoms with Gasteiger partial charge in [-0.1, -0.05) is 33.6 Å². The normalized spacial score (nSPS) is 10.3. The van der Waals surface area contributed by atoms with Gasteiger partial charge in [0.2, 0.25) is 5.82 Å². The molecule has 0 amide bonds. The van der Waals surface area contributed by atoms with Crippen LogP contribution in [0.4, 0.5) is 15.8 Å². The lowest BCUT2D eigenvalue weighted by Gasteiger charge is -2.08. The van der Waals surface area contributed by atoms with E-state index in [-0.39, 0.29) is 0 Å². The Morgan fingerprint density at radius 1 is 1.30 bits per heavy atom. The molecular formula is C13H9BrClFN2O2. The zero-order valence-electron chi connectivity index (χ0n) is 10.1. The first kappa shape index (κ1) is 14.7. The standard InChI is InChI=1S/C13H9BrClFN2O2/c14-9-2-1-8(11(15)5-9)7-17-10-3-4-13(18(19)20)12(16)6-10/h1-6,17H,7H2. The van der Waals surface area contributed by atoms with Gasteiger partial charge in [-0.3, -0.25) is 10.1 Å². The van der Waals surface area contributed by atoms with Gasteiger partial charge in [-0.15, -0.1) is 0 Å². The van der Waals surface area contributed by atoms with Crippen LogP contribution < -0.4 is 5.32 Å². The summed E-state index contributed by atoms with van der Waals surface area (Å²) in [6, 6.07) is 9.11. The number of anilines is 1. The van der Waals surface area contributed by atoms with Gasteiger partial charge in [0.1, 0.15) is 0 Å². The van der Waals surface area contributed by atoms with Crippen LogP contribution in [-0.4, -0.2) is 4.92 Å². The SMILES string of the molecule is O=[N+]([O-])c1ccc(NCc2ccc(Br)cc2Cl)cc1F. The predicted molar refractivity (Wildman–Crippen MR) is 79.5 cm³/mol. The lowest BCUT2D eigenvalue weighted by atomic mass is 10.2. The van der Waals surface area contributed by atoms with Gasteiger partial charge in [-0.2, -0.15) is 4.39 Å². The molecule has 0 fully saturated rings. The molecule has 4 nitrogen and oxygen atoms in total. The molecule has 0 radical (unpaired) electrons. The minimum Gasteiger partial charge on any atom is -0.381 e. The summed E-state index contributed by atoms with van der Waals surface area (Å²) in [4.78, 5) is 9.75. The summed E-state index contributed by atoms with van der Waals surface area (Å²) in [5, 5.41) is 14.1. The quantitative estimate of drug-likeness (QED) is 0.632. The first-order chi connectivity index (χ1) is 9.47. The Morgan fingerprint density at radius 3 is 2.65 bits per heavy atom. The Hall–Kier alpha value is -1.66. The summed E-state index contributed by atoms with van der Waals surface area (Å²) in [5.41, 5.74) is 0.748. The minimum absolute atomic E-state index is 0.392. The van der Waals surface area contributed by atoms with E-state index in [2.05, 4.69) is 21.2 Å². The second kappa shape index (κ2) is 6.19. The number of hydrogen-bond donors (Lipinski definition) is 1. The zero-order chi connectivity index (χ0) is 14.7. The zero-order valence-corrected chi connectivity index (χ0v) is 12.4. The fraction of sp³-hybridized carbons (Fsp3) is 0.0769. The molecule has 104 valence electrons. The van der Waals surface area contributed by atoms with Gasteiger partial charge in [0.05, 0.1) is 4.92 Å². The molecule has 0 aromatic heterocycles. The third kappa shape index (κ3) is 3.46. The van der Waals surface area contributed by atoms with Crippen LogP contribution in [-0.2, 0) is 6.54 Å². The Balaban J connectivity index is 2.11. The molecule has 2 aromatic rings. The van der Waals surface area contributed by atoms with Crippen LogP contribution in [0.2, 0.25) is 5.02 Å². The van der Waals surface area contributed by atoms with Gasteiger partial charge in [0.15, 0.2) is 0 Å². The summed E-state index contributed by atoms with van der Waals surface area (Å²) in [5.74, 6) is -0.873. The largest absolute Gasteiger partial charge is 0.381 e. The molecule has 0 bridgehead atoms.